The average Bonchev–Trinajstić information content (AvgIpc) is 3.09. The fourth-order valence-electron chi connectivity index (χ4n) is 3.40. The zero-order chi connectivity index (χ0) is 16.4. The predicted molar refractivity (Wildman–Crippen MR) is 87.5 cm³/mol. The van der Waals surface area contributed by atoms with Crippen LogP contribution in [0.1, 0.15) is 17.5 Å². The second kappa shape index (κ2) is 6.57. The highest BCUT2D eigenvalue weighted by molar-refractivity contribution is 7.89. The lowest BCUT2D eigenvalue weighted by molar-refractivity contribution is 0.145. The minimum absolute atomic E-state index is 0.135. The van der Waals surface area contributed by atoms with Gasteiger partial charge in [0, 0.05) is 38.8 Å². The highest BCUT2D eigenvalue weighted by atomic mass is 32.2. The molecule has 2 heterocycles. The first-order valence-corrected chi connectivity index (χ1v) is 9.42. The number of nitrogens with zero attached hydrogens (tertiary/aromatic N) is 3. The largest absolute Gasteiger partial charge is 0.315 e. The Kier molecular flexibility index (Phi) is 4.69. The molecule has 0 saturated carbocycles. The van der Waals surface area contributed by atoms with Gasteiger partial charge in [0.25, 0.3) is 0 Å². The molecule has 6 nitrogen and oxygen atoms in total. The van der Waals surface area contributed by atoms with Crippen LogP contribution in [0.4, 0.5) is 0 Å². The van der Waals surface area contributed by atoms with Gasteiger partial charge in [0.05, 0.1) is 5.56 Å². The molecule has 1 aromatic rings. The van der Waals surface area contributed by atoms with Crippen LogP contribution >= 0.6 is 0 Å². The van der Waals surface area contributed by atoms with E-state index in [1.54, 1.807) is 19.1 Å². The Morgan fingerprint density at radius 1 is 1.26 bits per heavy atom. The van der Waals surface area contributed by atoms with Gasteiger partial charge in [-0.3, -0.25) is 4.90 Å². The molecule has 0 radical (unpaired) electrons. The molecule has 124 valence electrons. The van der Waals surface area contributed by atoms with E-state index in [0.717, 1.165) is 32.6 Å². The van der Waals surface area contributed by atoms with Crippen LogP contribution in [-0.4, -0.2) is 62.9 Å². The Labute approximate surface area is 137 Å². The smallest absolute Gasteiger partial charge is 0.244 e. The summed E-state index contributed by atoms with van der Waals surface area (Å²) in [6.07, 6.45) is 1.13. The molecule has 7 heteroatoms. The first kappa shape index (κ1) is 16.4. The number of rotatable bonds is 3. The normalized spacial score (nSPS) is 23.7. The van der Waals surface area contributed by atoms with Crippen molar-refractivity contribution in [3.8, 4) is 6.07 Å². The third-order valence-corrected chi connectivity index (χ3v) is 6.73. The summed E-state index contributed by atoms with van der Waals surface area (Å²) in [5.74, 6) is 0. The van der Waals surface area contributed by atoms with Crippen molar-refractivity contribution in [2.24, 2.45) is 0 Å². The van der Waals surface area contributed by atoms with E-state index in [0.29, 0.717) is 24.7 Å². The molecule has 0 amide bonds. The van der Waals surface area contributed by atoms with Crippen molar-refractivity contribution in [1.82, 2.24) is 14.5 Å². The lowest BCUT2D eigenvalue weighted by Crippen LogP contribution is -2.52. The number of hydrogen-bond acceptors (Lipinski definition) is 5. The number of sulfonamides is 1. The van der Waals surface area contributed by atoms with E-state index >= 15 is 0 Å². The maximum Gasteiger partial charge on any atom is 0.244 e. The topological polar surface area (TPSA) is 76.4 Å². The van der Waals surface area contributed by atoms with Crippen molar-refractivity contribution in [2.45, 2.75) is 24.3 Å². The summed E-state index contributed by atoms with van der Waals surface area (Å²) in [6, 6.07) is 7.56. The molecule has 1 aromatic carbocycles. The van der Waals surface area contributed by atoms with Gasteiger partial charge < -0.3 is 5.32 Å². The van der Waals surface area contributed by atoms with Gasteiger partial charge in [-0.25, -0.2) is 8.42 Å². The minimum Gasteiger partial charge on any atom is -0.315 e. The summed E-state index contributed by atoms with van der Waals surface area (Å²) in [6.45, 7) is 6.26. The Morgan fingerprint density at radius 2 is 2.00 bits per heavy atom. The predicted octanol–water partition coefficient (Wildman–Crippen LogP) is 0.535. The first-order chi connectivity index (χ1) is 11.0. The summed E-state index contributed by atoms with van der Waals surface area (Å²) in [5.41, 5.74) is 0.958. The quantitative estimate of drug-likeness (QED) is 0.873. The molecule has 0 bridgehead atoms. The standard InChI is InChI=1S/C16H22N4O2S/c1-13-3-2-4-16(15(13)11-17)23(21,22)20-9-7-19(8-10-20)14-5-6-18-12-14/h2-4,14,18H,5-10,12H2,1H3. The molecule has 1 N–H and O–H groups in total. The zero-order valence-corrected chi connectivity index (χ0v) is 14.1. The molecule has 2 aliphatic heterocycles. The number of hydrogen-bond donors (Lipinski definition) is 1. The van der Waals surface area contributed by atoms with Crippen LogP contribution in [-0.2, 0) is 10.0 Å². The van der Waals surface area contributed by atoms with Crippen molar-refractivity contribution < 1.29 is 8.42 Å². The molecule has 0 aromatic heterocycles. The summed E-state index contributed by atoms with van der Waals surface area (Å²) < 4.78 is 27.3. The Morgan fingerprint density at radius 3 is 2.61 bits per heavy atom. The third-order valence-electron chi connectivity index (χ3n) is 4.79. The van der Waals surface area contributed by atoms with Crippen molar-refractivity contribution in [1.29, 1.82) is 5.26 Å². The van der Waals surface area contributed by atoms with Gasteiger partial charge in [0.1, 0.15) is 11.0 Å². The molecule has 2 aliphatic rings. The molecule has 3 rings (SSSR count). The van der Waals surface area contributed by atoms with Crippen LogP contribution < -0.4 is 5.32 Å². The maximum absolute atomic E-state index is 12.9. The first-order valence-electron chi connectivity index (χ1n) is 7.98. The minimum atomic E-state index is -3.61. The molecule has 23 heavy (non-hydrogen) atoms. The molecule has 2 fully saturated rings. The van der Waals surface area contributed by atoms with Crippen LogP contribution in [0, 0.1) is 18.3 Å². The molecule has 0 spiro atoms. The Balaban J connectivity index is 1.77. The fourth-order valence-corrected chi connectivity index (χ4v) is 5.04. The number of nitrogens with one attached hydrogen (secondary N) is 1. The van der Waals surface area contributed by atoms with E-state index in [-0.39, 0.29) is 10.5 Å². The van der Waals surface area contributed by atoms with Crippen molar-refractivity contribution in [2.75, 3.05) is 39.3 Å². The molecular weight excluding hydrogens is 312 g/mol. The van der Waals surface area contributed by atoms with Gasteiger partial charge in [-0.1, -0.05) is 12.1 Å². The van der Waals surface area contributed by atoms with Gasteiger partial charge in [0.2, 0.25) is 10.0 Å². The molecule has 1 unspecified atom stereocenters. The SMILES string of the molecule is Cc1cccc(S(=O)(=O)N2CCN(C3CCNC3)CC2)c1C#N. The summed E-state index contributed by atoms with van der Waals surface area (Å²) >= 11 is 0. The summed E-state index contributed by atoms with van der Waals surface area (Å²) in [7, 11) is -3.61. The van der Waals surface area contributed by atoms with Crippen LogP contribution in [0.25, 0.3) is 0 Å². The summed E-state index contributed by atoms with van der Waals surface area (Å²) in [4.78, 5) is 2.50. The Bertz CT molecular complexity index is 712. The van der Waals surface area contributed by atoms with Crippen LogP contribution in [0.2, 0.25) is 0 Å². The van der Waals surface area contributed by atoms with Gasteiger partial charge >= 0.3 is 0 Å². The molecular formula is C16H22N4O2S. The lowest BCUT2D eigenvalue weighted by atomic mass is 10.1. The average molecular weight is 334 g/mol. The zero-order valence-electron chi connectivity index (χ0n) is 13.3. The van der Waals surface area contributed by atoms with Crippen molar-refractivity contribution in [3.05, 3.63) is 29.3 Å². The number of piperazine rings is 1. The van der Waals surface area contributed by atoms with E-state index in [1.807, 2.05) is 6.07 Å². The van der Waals surface area contributed by atoms with E-state index in [9.17, 15) is 13.7 Å². The van der Waals surface area contributed by atoms with E-state index in [4.69, 9.17) is 0 Å². The highest BCUT2D eigenvalue weighted by Crippen LogP contribution is 2.24. The van der Waals surface area contributed by atoms with Gasteiger partial charge in [-0.15, -0.1) is 0 Å². The van der Waals surface area contributed by atoms with E-state index < -0.39 is 10.0 Å². The van der Waals surface area contributed by atoms with Gasteiger partial charge in [0.15, 0.2) is 0 Å². The number of benzene rings is 1. The van der Waals surface area contributed by atoms with Gasteiger partial charge in [-0.05, 0) is 31.5 Å². The van der Waals surface area contributed by atoms with E-state index in [2.05, 4.69) is 10.2 Å². The molecule has 1 atom stereocenters. The highest BCUT2D eigenvalue weighted by Gasteiger charge is 2.33. The molecule has 0 aliphatic carbocycles. The third kappa shape index (κ3) is 3.12. The fraction of sp³-hybridized carbons (Fsp3) is 0.562. The monoisotopic (exact) mass is 334 g/mol. The van der Waals surface area contributed by atoms with Crippen LogP contribution in [0.15, 0.2) is 23.1 Å². The number of aryl methyl sites for hydroxylation is 1. The van der Waals surface area contributed by atoms with Crippen molar-refractivity contribution >= 4 is 10.0 Å². The van der Waals surface area contributed by atoms with Crippen LogP contribution in [0.5, 0.6) is 0 Å². The second-order valence-corrected chi connectivity index (χ2v) is 8.05. The number of nitriles is 1. The summed E-state index contributed by atoms with van der Waals surface area (Å²) in [5, 5.41) is 12.6. The lowest BCUT2D eigenvalue weighted by Gasteiger charge is -2.37. The Hall–Kier alpha value is -1.46. The molecule has 2 saturated heterocycles. The maximum atomic E-state index is 12.9. The van der Waals surface area contributed by atoms with Crippen LogP contribution in [0.3, 0.4) is 0 Å². The van der Waals surface area contributed by atoms with E-state index in [1.165, 1.54) is 10.4 Å². The second-order valence-electron chi connectivity index (χ2n) is 6.15. The van der Waals surface area contributed by atoms with Gasteiger partial charge in [-0.2, -0.15) is 9.57 Å². The van der Waals surface area contributed by atoms with Crippen molar-refractivity contribution in [3.63, 3.8) is 0 Å².